The summed E-state index contributed by atoms with van der Waals surface area (Å²) in [6, 6.07) is 12.8. The van der Waals surface area contributed by atoms with Crippen molar-refractivity contribution < 1.29 is 22.5 Å². The number of hydrogen-bond acceptors (Lipinski definition) is 4. The van der Waals surface area contributed by atoms with Gasteiger partial charge in [-0.05, 0) is 29.2 Å². The average molecular weight is 429 g/mol. The maximum absolute atomic E-state index is 12.7. The average Bonchev–Trinajstić information content (AvgIpc) is 3.35. The van der Waals surface area contributed by atoms with Gasteiger partial charge in [-0.2, -0.15) is 18.2 Å². The number of alkyl halides is 3. The highest BCUT2D eigenvalue weighted by Crippen LogP contribution is 2.32. The van der Waals surface area contributed by atoms with Crippen LogP contribution in [0.4, 0.5) is 13.2 Å². The van der Waals surface area contributed by atoms with Gasteiger partial charge in [0.15, 0.2) is 0 Å². The summed E-state index contributed by atoms with van der Waals surface area (Å²) in [5.41, 5.74) is 1.98. The molecule has 162 valence electrons. The van der Waals surface area contributed by atoms with Crippen LogP contribution < -0.4 is 0 Å². The van der Waals surface area contributed by atoms with Crippen molar-refractivity contribution in [3.05, 3.63) is 71.1 Å². The first-order chi connectivity index (χ1) is 14.7. The van der Waals surface area contributed by atoms with Crippen LogP contribution in [0.5, 0.6) is 0 Å². The summed E-state index contributed by atoms with van der Waals surface area (Å²) in [5.74, 6) is 0.744. The molecule has 2 heterocycles. The van der Waals surface area contributed by atoms with Crippen LogP contribution in [-0.2, 0) is 17.5 Å². The van der Waals surface area contributed by atoms with Gasteiger partial charge in [-0.3, -0.25) is 4.79 Å². The third kappa shape index (κ3) is 4.62. The molecule has 1 aliphatic heterocycles. The molecule has 1 unspecified atom stereocenters. The lowest BCUT2D eigenvalue weighted by Crippen LogP contribution is -2.24. The van der Waals surface area contributed by atoms with Crippen LogP contribution in [-0.4, -0.2) is 27.5 Å². The SMILES string of the molecule is CC(C)c1ccc(CN2CC(c3nc(-c4ccc(C(F)(F)F)cc4)no3)CC2=O)cc1. The number of carbonyl (C=O) groups excluding carboxylic acids is 1. The number of amides is 1. The number of carbonyl (C=O) groups is 1. The highest BCUT2D eigenvalue weighted by atomic mass is 19.4. The van der Waals surface area contributed by atoms with Gasteiger partial charge in [0, 0.05) is 25.1 Å². The summed E-state index contributed by atoms with van der Waals surface area (Å²) in [4.78, 5) is 18.6. The lowest BCUT2D eigenvalue weighted by atomic mass is 10.0. The van der Waals surface area contributed by atoms with Crippen molar-refractivity contribution in [2.24, 2.45) is 0 Å². The third-order valence-electron chi connectivity index (χ3n) is 5.50. The van der Waals surface area contributed by atoms with Crippen molar-refractivity contribution in [1.82, 2.24) is 15.0 Å². The van der Waals surface area contributed by atoms with E-state index in [-0.39, 0.29) is 24.1 Å². The third-order valence-corrected chi connectivity index (χ3v) is 5.50. The highest BCUT2D eigenvalue weighted by molar-refractivity contribution is 5.79. The molecule has 5 nitrogen and oxygen atoms in total. The Hall–Kier alpha value is -3.16. The fourth-order valence-electron chi connectivity index (χ4n) is 3.65. The number of rotatable bonds is 5. The zero-order chi connectivity index (χ0) is 22.2. The van der Waals surface area contributed by atoms with Crippen LogP contribution in [0.2, 0.25) is 0 Å². The van der Waals surface area contributed by atoms with E-state index in [9.17, 15) is 18.0 Å². The first kappa shape index (κ1) is 21.1. The molecule has 1 aromatic heterocycles. The fraction of sp³-hybridized carbons (Fsp3) is 0.348. The van der Waals surface area contributed by atoms with Crippen LogP contribution in [0, 0.1) is 0 Å². The predicted octanol–water partition coefficient (Wildman–Crippen LogP) is 5.39. The summed E-state index contributed by atoms with van der Waals surface area (Å²) in [7, 11) is 0. The molecule has 0 bridgehead atoms. The van der Waals surface area contributed by atoms with Gasteiger partial charge >= 0.3 is 6.18 Å². The quantitative estimate of drug-likeness (QED) is 0.545. The second kappa shape index (κ2) is 8.17. The number of likely N-dealkylation sites (tertiary alicyclic amines) is 1. The highest BCUT2D eigenvalue weighted by Gasteiger charge is 2.34. The zero-order valence-electron chi connectivity index (χ0n) is 17.2. The van der Waals surface area contributed by atoms with E-state index in [2.05, 4.69) is 36.1 Å². The molecule has 1 aliphatic rings. The molecule has 0 saturated carbocycles. The summed E-state index contributed by atoms with van der Waals surface area (Å²) >= 11 is 0. The number of benzene rings is 2. The first-order valence-corrected chi connectivity index (χ1v) is 10.1. The smallest absolute Gasteiger partial charge is 0.339 e. The molecule has 1 fully saturated rings. The van der Waals surface area contributed by atoms with Crippen LogP contribution in [0.3, 0.4) is 0 Å². The van der Waals surface area contributed by atoms with E-state index in [4.69, 9.17) is 4.52 Å². The zero-order valence-corrected chi connectivity index (χ0v) is 17.2. The van der Waals surface area contributed by atoms with Crippen LogP contribution in [0.1, 0.15) is 54.7 Å². The molecule has 0 N–H and O–H groups in total. The molecular formula is C23H22F3N3O2. The Labute approximate surface area is 177 Å². The van der Waals surface area contributed by atoms with Crippen LogP contribution >= 0.6 is 0 Å². The van der Waals surface area contributed by atoms with Gasteiger partial charge < -0.3 is 9.42 Å². The predicted molar refractivity (Wildman–Crippen MR) is 108 cm³/mol. The minimum Gasteiger partial charge on any atom is -0.339 e. The fourth-order valence-corrected chi connectivity index (χ4v) is 3.65. The molecule has 1 amide bonds. The second-order valence-corrected chi connectivity index (χ2v) is 8.10. The van der Waals surface area contributed by atoms with E-state index >= 15 is 0 Å². The molecular weight excluding hydrogens is 407 g/mol. The van der Waals surface area contributed by atoms with Crippen molar-refractivity contribution in [1.29, 1.82) is 0 Å². The van der Waals surface area contributed by atoms with Gasteiger partial charge in [0.05, 0.1) is 11.5 Å². The molecule has 2 aromatic carbocycles. The number of aromatic nitrogens is 2. The Balaban J connectivity index is 1.43. The molecule has 0 spiro atoms. The Morgan fingerprint density at radius 3 is 2.39 bits per heavy atom. The Bertz CT molecular complexity index is 1060. The molecule has 0 radical (unpaired) electrons. The van der Waals surface area contributed by atoms with E-state index in [0.29, 0.717) is 30.5 Å². The molecule has 3 aromatic rings. The molecule has 1 saturated heterocycles. The molecule has 0 aliphatic carbocycles. The topological polar surface area (TPSA) is 59.2 Å². The molecule has 8 heteroatoms. The maximum Gasteiger partial charge on any atom is 0.416 e. The van der Waals surface area contributed by atoms with Crippen molar-refractivity contribution in [2.45, 2.75) is 44.8 Å². The number of nitrogens with zero attached hydrogens (tertiary/aromatic N) is 3. The van der Waals surface area contributed by atoms with Gasteiger partial charge in [-0.15, -0.1) is 0 Å². The van der Waals surface area contributed by atoms with Gasteiger partial charge in [-0.1, -0.05) is 55.4 Å². The number of halogens is 3. The van der Waals surface area contributed by atoms with Gasteiger partial charge in [-0.25, -0.2) is 0 Å². The Morgan fingerprint density at radius 1 is 1.10 bits per heavy atom. The molecule has 31 heavy (non-hydrogen) atoms. The molecule has 1 atom stereocenters. The van der Waals surface area contributed by atoms with E-state index in [1.54, 1.807) is 4.90 Å². The normalized spacial score (nSPS) is 17.0. The summed E-state index contributed by atoms with van der Waals surface area (Å²) in [6.07, 6.45) is -4.14. The van der Waals surface area contributed by atoms with Gasteiger partial charge in [0.1, 0.15) is 0 Å². The Kier molecular flexibility index (Phi) is 5.56. The van der Waals surface area contributed by atoms with Crippen molar-refractivity contribution in [2.75, 3.05) is 6.54 Å². The van der Waals surface area contributed by atoms with Crippen LogP contribution in [0.25, 0.3) is 11.4 Å². The minimum absolute atomic E-state index is 0.00668. The van der Waals surface area contributed by atoms with E-state index in [1.165, 1.54) is 17.7 Å². The minimum atomic E-state index is -4.40. The monoisotopic (exact) mass is 429 g/mol. The van der Waals surface area contributed by atoms with Crippen molar-refractivity contribution in [3.63, 3.8) is 0 Å². The summed E-state index contributed by atoms with van der Waals surface area (Å²) < 4.78 is 43.5. The van der Waals surface area contributed by atoms with Gasteiger partial charge in [0.2, 0.25) is 17.6 Å². The standard InChI is InChI=1S/C23H22F3N3O2/c1-14(2)16-5-3-15(4-6-16)12-29-13-18(11-20(29)30)22-27-21(28-31-22)17-7-9-19(10-8-17)23(24,25)26/h3-10,14,18H,11-13H2,1-2H3. The molecule has 4 rings (SSSR count). The van der Waals surface area contributed by atoms with Crippen molar-refractivity contribution >= 4 is 5.91 Å². The lowest BCUT2D eigenvalue weighted by molar-refractivity contribution is -0.137. The summed E-state index contributed by atoms with van der Waals surface area (Å²) in [6.45, 7) is 5.23. The van der Waals surface area contributed by atoms with E-state index in [1.807, 2.05) is 12.1 Å². The maximum atomic E-state index is 12.7. The Morgan fingerprint density at radius 2 is 1.77 bits per heavy atom. The van der Waals surface area contributed by atoms with Crippen molar-refractivity contribution in [3.8, 4) is 11.4 Å². The van der Waals surface area contributed by atoms with E-state index in [0.717, 1.165) is 17.7 Å². The largest absolute Gasteiger partial charge is 0.416 e. The first-order valence-electron chi connectivity index (χ1n) is 10.1. The van der Waals surface area contributed by atoms with E-state index < -0.39 is 11.7 Å². The van der Waals surface area contributed by atoms with Crippen LogP contribution in [0.15, 0.2) is 53.1 Å². The lowest BCUT2D eigenvalue weighted by Gasteiger charge is -2.16. The second-order valence-electron chi connectivity index (χ2n) is 8.10. The summed E-state index contributed by atoms with van der Waals surface area (Å²) in [5, 5.41) is 3.89. The van der Waals surface area contributed by atoms with Gasteiger partial charge in [0.25, 0.3) is 0 Å². The number of hydrogen-bond donors (Lipinski definition) is 0.